The molecule has 0 bridgehead atoms. The number of fused-ring (bicyclic) bond motifs is 1. The van der Waals surface area contributed by atoms with E-state index in [1.807, 2.05) is 25.2 Å². The van der Waals surface area contributed by atoms with Crippen molar-refractivity contribution in [3.05, 3.63) is 48.4 Å². The summed E-state index contributed by atoms with van der Waals surface area (Å²) >= 11 is 0. The number of guanidine groups is 1. The molecule has 8 nitrogen and oxygen atoms in total. The first-order valence-electron chi connectivity index (χ1n) is 8.13. The van der Waals surface area contributed by atoms with Crippen molar-refractivity contribution in [1.29, 1.82) is 0 Å². The SMILES string of the molecule is CN=C(NCCNc1ncnc2c1cnn2C)NCc1ccccc1. The van der Waals surface area contributed by atoms with Crippen LogP contribution in [0.25, 0.3) is 11.0 Å². The molecule has 0 aliphatic rings. The first-order chi connectivity index (χ1) is 12.3. The van der Waals surface area contributed by atoms with E-state index >= 15 is 0 Å². The molecule has 0 fully saturated rings. The molecule has 2 aromatic heterocycles. The summed E-state index contributed by atoms with van der Waals surface area (Å²) in [5.74, 6) is 1.55. The molecule has 0 saturated carbocycles. The van der Waals surface area contributed by atoms with Gasteiger partial charge in [0.05, 0.1) is 11.6 Å². The topological polar surface area (TPSA) is 92.1 Å². The first-order valence-corrected chi connectivity index (χ1v) is 8.13. The number of hydrogen-bond acceptors (Lipinski definition) is 5. The van der Waals surface area contributed by atoms with E-state index in [0.29, 0.717) is 13.1 Å². The van der Waals surface area contributed by atoms with Gasteiger partial charge in [-0.2, -0.15) is 5.10 Å². The summed E-state index contributed by atoms with van der Waals surface area (Å²) in [5, 5.41) is 15.0. The van der Waals surface area contributed by atoms with E-state index in [9.17, 15) is 0 Å². The number of benzene rings is 1. The zero-order valence-corrected chi connectivity index (χ0v) is 14.4. The molecular weight excluding hydrogens is 316 g/mol. The fourth-order valence-corrected chi connectivity index (χ4v) is 2.47. The summed E-state index contributed by atoms with van der Waals surface area (Å²) < 4.78 is 1.73. The van der Waals surface area contributed by atoms with Crippen LogP contribution in [0, 0.1) is 0 Å². The Morgan fingerprint density at radius 2 is 1.96 bits per heavy atom. The van der Waals surface area contributed by atoms with Crippen LogP contribution >= 0.6 is 0 Å². The highest BCUT2D eigenvalue weighted by Gasteiger charge is 2.06. The van der Waals surface area contributed by atoms with Crippen LogP contribution in [0.1, 0.15) is 5.56 Å². The van der Waals surface area contributed by atoms with Crippen molar-refractivity contribution in [3.8, 4) is 0 Å². The smallest absolute Gasteiger partial charge is 0.191 e. The lowest BCUT2D eigenvalue weighted by Crippen LogP contribution is -2.39. The maximum Gasteiger partial charge on any atom is 0.191 e. The first kappa shape index (κ1) is 16.7. The molecule has 0 aliphatic carbocycles. The molecule has 0 aliphatic heterocycles. The van der Waals surface area contributed by atoms with Crippen molar-refractivity contribution < 1.29 is 0 Å². The van der Waals surface area contributed by atoms with Gasteiger partial charge in [0.15, 0.2) is 11.6 Å². The van der Waals surface area contributed by atoms with Gasteiger partial charge in [-0.3, -0.25) is 9.67 Å². The Kier molecular flexibility index (Phi) is 5.40. The van der Waals surface area contributed by atoms with Crippen LogP contribution in [0.3, 0.4) is 0 Å². The maximum atomic E-state index is 4.28. The summed E-state index contributed by atoms with van der Waals surface area (Å²) in [6.07, 6.45) is 3.31. The number of aryl methyl sites for hydroxylation is 1. The van der Waals surface area contributed by atoms with Gasteiger partial charge in [0.25, 0.3) is 0 Å². The van der Waals surface area contributed by atoms with Gasteiger partial charge in [0, 0.05) is 33.7 Å². The monoisotopic (exact) mass is 338 g/mol. The zero-order chi connectivity index (χ0) is 17.5. The lowest BCUT2D eigenvalue weighted by molar-refractivity contribution is 0.785. The van der Waals surface area contributed by atoms with E-state index in [0.717, 1.165) is 29.4 Å². The fraction of sp³-hybridized carbons (Fsp3) is 0.294. The second kappa shape index (κ2) is 8.09. The highest BCUT2D eigenvalue weighted by molar-refractivity contribution is 5.86. The van der Waals surface area contributed by atoms with Crippen molar-refractivity contribution in [2.75, 3.05) is 25.5 Å². The highest BCUT2D eigenvalue weighted by Crippen LogP contribution is 2.16. The molecule has 1 aromatic carbocycles. The molecule has 3 aromatic rings. The number of anilines is 1. The Morgan fingerprint density at radius 1 is 1.12 bits per heavy atom. The number of nitrogens with zero attached hydrogens (tertiary/aromatic N) is 5. The normalized spacial score (nSPS) is 11.5. The standard InChI is InChI=1S/C17H22N8/c1-18-17(21-10-13-6-4-3-5-7-13)20-9-8-19-15-14-11-24-25(2)16(14)23-12-22-15/h3-7,11-12H,8-10H2,1-2H3,(H2,18,20,21)(H,19,22,23). The second-order valence-corrected chi connectivity index (χ2v) is 5.49. The van der Waals surface area contributed by atoms with Crippen LogP contribution in [0.5, 0.6) is 0 Å². The van der Waals surface area contributed by atoms with Crippen LogP contribution < -0.4 is 16.0 Å². The third kappa shape index (κ3) is 4.23. The van der Waals surface area contributed by atoms with Crippen LogP contribution in [0.2, 0.25) is 0 Å². The van der Waals surface area contributed by atoms with Crippen LogP contribution in [0.4, 0.5) is 5.82 Å². The van der Waals surface area contributed by atoms with Gasteiger partial charge in [0.1, 0.15) is 12.1 Å². The minimum atomic E-state index is 0.701. The van der Waals surface area contributed by atoms with Gasteiger partial charge in [-0.15, -0.1) is 0 Å². The Hall–Kier alpha value is -3.16. The quantitative estimate of drug-likeness (QED) is 0.355. The van der Waals surface area contributed by atoms with E-state index in [4.69, 9.17) is 0 Å². The lowest BCUT2D eigenvalue weighted by atomic mass is 10.2. The summed E-state index contributed by atoms with van der Waals surface area (Å²) in [6.45, 7) is 2.14. The number of hydrogen-bond donors (Lipinski definition) is 3. The Labute approximate surface area is 146 Å². The number of aliphatic imine (C=N–C) groups is 1. The molecule has 2 heterocycles. The highest BCUT2D eigenvalue weighted by atomic mass is 15.3. The van der Waals surface area contributed by atoms with Gasteiger partial charge in [-0.1, -0.05) is 30.3 Å². The molecule has 130 valence electrons. The van der Waals surface area contributed by atoms with E-state index in [1.165, 1.54) is 5.56 Å². The third-order valence-electron chi connectivity index (χ3n) is 3.77. The minimum absolute atomic E-state index is 0.701. The minimum Gasteiger partial charge on any atom is -0.368 e. The molecule has 0 atom stereocenters. The van der Waals surface area contributed by atoms with Crippen LogP contribution in [0.15, 0.2) is 47.8 Å². The maximum absolute atomic E-state index is 4.28. The fourth-order valence-electron chi connectivity index (χ4n) is 2.47. The molecule has 25 heavy (non-hydrogen) atoms. The zero-order valence-electron chi connectivity index (χ0n) is 14.4. The van der Waals surface area contributed by atoms with Gasteiger partial charge in [-0.25, -0.2) is 9.97 Å². The van der Waals surface area contributed by atoms with Gasteiger partial charge >= 0.3 is 0 Å². The Balaban J connectivity index is 1.47. The predicted octanol–water partition coefficient (Wildman–Crippen LogP) is 1.14. The van der Waals surface area contributed by atoms with Gasteiger partial charge in [-0.05, 0) is 5.56 Å². The van der Waals surface area contributed by atoms with E-state index in [1.54, 1.807) is 24.3 Å². The van der Waals surface area contributed by atoms with E-state index in [-0.39, 0.29) is 0 Å². The molecule has 3 N–H and O–H groups in total. The van der Waals surface area contributed by atoms with E-state index in [2.05, 4.69) is 48.1 Å². The van der Waals surface area contributed by atoms with Crippen molar-refractivity contribution in [2.24, 2.45) is 12.0 Å². The van der Waals surface area contributed by atoms with E-state index < -0.39 is 0 Å². The summed E-state index contributed by atoms with van der Waals surface area (Å²) in [5.41, 5.74) is 2.02. The summed E-state index contributed by atoms with van der Waals surface area (Å²) in [4.78, 5) is 12.7. The largest absolute Gasteiger partial charge is 0.368 e. The molecule has 0 saturated heterocycles. The summed E-state index contributed by atoms with van der Waals surface area (Å²) in [7, 11) is 3.63. The number of aromatic nitrogens is 4. The number of rotatable bonds is 6. The number of nitrogens with one attached hydrogen (secondary N) is 3. The van der Waals surface area contributed by atoms with Crippen molar-refractivity contribution >= 4 is 22.8 Å². The van der Waals surface area contributed by atoms with Gasteiger partial charge < -0.3 is 16.0 Å². The lowest BCUT2D eigenvalue weighted by Gasteiger charge is -2.12. The predicted molar refractivity (Wildman–Crippen MR) is 99.4 cm³/mol. The molecule has 0 amide bonds. The average molecular weight is 338 g/mol. The molecule has 3 rings (SSSR count). The second-order valence-electron chi connectivity index (χ2n) is 5.49. The molecule has 0 unspecified atom stereocenters. The third-order valence-corrected chi connectivity index (χ3v) is 3.77. The average Bonchev–Trinajstić information content (AvgIpc) is 3.04. The molecule has 0 radical (unpaired) electrons. The van der Waals surface area contributed by atoms with Crippen LogP contribution in [-0.4, -0.2) is 45.8 Å². The van der Waals surface area contributed by atoms with Crippen molar-refractivity contribution in [3.63, 3.8) is 0 Å². The van der Waals surface area contributed by atoms with Crippen LogP contribution in [-0.2, 0) is 13.6 Å². The van der Waals surface area contributed by atoms with Gasteiger partial charge in [0.2, 0.25) is 0 Å². The molecular formula is C17H22N8. The van der Waals surface area contributed by atoms with Crippen molar-refractivity contribution in [2.45, 2.75) is 6.54 Å². The molecule has 0 spiro atoms. The van der Waals surface area contributed by atoms with Crippen molar-refractivity contribution in [1.82, 2.24) is 30.4 Å². The summed E-state index contributed by atoms with van der Waals surface area (Å²) in [6, 6.07) is 10.2. The Morgan fingerprint density at radius 3 is 2.76 bits per heavy atom. The Bertz CT molecular complexity index is 840. The molecule has 8 heteroatoms.